The summed E-state index contributed by atoms with van der Waals surface area (Å²) in [4.78, 5) is 19.1. The van der Waals surface area contributed by atoms with E-state index in [9.17, 15) is 18.0 Å². The molecule has 40 heavy (non-hydrogen) atoms. The molecular weight excluding hydrogens is 545 g/mol. The van der Waals surface area contributed by atoms with Gasteiger partial charge in [-0.25, -0.2) is 4.98 Å². The van der Waals surface area contributed by atoms with E-state index in [0.717, 1.165) is 16.8 Å². The first-order valence-corrected chi connectivity index (χ1v) is 13.0. The zero-order valence-corrected chi connectivity index (χ0v) is 22.0. The number of nitrogens with zero attached hydrogens (tertiary/aromatic N) is 2. The highest BCUT2D eigenvalue weighted by atomic mass is 32.1. The first kappa shape index (κ1) is 27.2. The van der Waals surface area contributed by atoms with Crippen molar-refractivity contribution in [3.8, 4) is 28.4 Å². The Labute approximate surface area is 230 Å². The maximum absolute atomic E-state index is 13.9. The van der Waals surface area contributed by atoms with Crippen molar-refractivity contribution < 1.29 is 32.5 Å². The molecular formula is C29H23F3N2O5S. The van der Waals surface area contributed by atoms with Gasteiger partial charge < -0.3 is 19.3 Å². The van der Waals surface area contributed by atoms with Gasteiger partial charge in [0, 0.05) is 18.6 Å². The lowest BCUT2D eigenvalue weighted by atomic mass is 10.0. The molecule has 0 amide bonds. The van der Waals surface area contributed by atoms with E-state index in [1.807, 2.05) is 24.3 Å². The number of benzene rings is 3. The Hall–Kier alpha value is -4.35. The fourth-order valence-corrected chi connectivity index (χ4v) is 5.25. The quantitative estimate of drug-likeness (QED) is 0.207. The molecule has 7 nitrogen and oxygen atoms in total. The Kier molecular flexibility index (Phi) is 7.76. The van der Waals surface area contributed by atoms with Gasteiger partial charge in [0.1, 0.15) is 5.75 Å². The van der Waals surface area contributed by atoms with Crippen LogP contribution < -0.4 is 19.8 Å². The monoisotopic (exact) mass is 568 g/mol. The van der Waals surface area contributed by atoms with Crippen molar-refractivity contribution in [2.45, 2.75) is 12.8 Å². The Bertz CT molecular complexity index is 1740. The molecule has 0 saturated carbocycles. The third-order valence-corrected chi connectivity index (χ3v) is 6.98. The summed E-state index contributed by atoms with van der Waals surface area (Å²) in [7, 11) is 1.52. The fourth-order valence-electron chi connectivity index (χ4n) is 4.23. The van der Waals surface area contributed by atoms with Gasteiger partial charge in [-0.15, -0.1) is 13.2 Å². The van der Waals surface area contributed by atoms with Gasteiger partial charge in [0.15, 0.2) is 16.5 Å². The Balaban J connectivity index is 1.66. The van der Waals surface area contributed by atoms with E-state index in [4.69, 9.17) is 19.6 Å². The second-order valence-electron chi connectivity index (χ2n) is 8.57. The van der Waals surface area contributed by atoms with Gasteiger partial charge in [0.2, 0.25) is 0 Å². The lowest BCUT2D eigenvalue weighted by molar-refractivity contribution is -0.274. The highest BCUT2D eigenvalue weighted by Crippen LogP contribution is 2.34. The topological polar surface area (TPSA) is 82.3 Å². The van der Waals surface area contributed by atoms with Crippen LogP contribution in [0.3, 0.4) is 0 Å². The van der Waals surface area contributed by atoms with Crippen LogP contribution in [0.25, 0.3) is 38.5 Å². The maximum Gasteiger partial charge on any atom is 0.573 e. The van der Waals surface area contributed by atoms with E-state index in [2.05, 4.69) is 4.74 Å². The van der Waals surface area contributed by atoms with Crippen LogP contribution in [0.4, 0.5) is 13.2 Å². The number of methoxy groups -OCH3 is 1. The second-order valence-corrected chi connectivity index (χ2v) is 9.58. The number of ether oxygens (including phenoxy) is 3. The van der Waals surface area contributed by atoms with E-state index in [1.165, 1.54) is 35.0 Å². The van der Waals surface area contributed by atoms with Crippen molar-refractivity contribution in [2.75, 3.05) is 20.3 Å². The molecule has 11 heteroatoms. The fraction of sp³-hybridized carbons (Fsp3) is 0.172. The molecule has 0 bridgehead atoms. The average molecular weight is 569 g/mol. The van der Waals surface area contributed by atoms with E-state index >= 15 is 0 Å². The van der Waals surface area contributed by atoms with E-state index in [1.54, 1.807) is 30.4 Å². The summed E-state index contributed by atoms with van der Waals surface area (Å²) < 4.78 is 55.8. The average Bonchev–Trinajstić information content (AvgIpc) is 3.31. The minimum absolute atomic E-state index is 0.0282. The molecule has 5 aromatic rings. The molecule has 1 N–H and O–H groups in total. The molecule has 0 aliphatic heterocycles. The van der Waals surface area contributed by atoms with Crippen LogP contribution in [-0.4, -0.2) is 41.2 Å². The van der Waals surface area contributed by atoms with Gasteiger partial charge in [0.25, 0.3) is 5.56 Å². The number of hydrogen-bond donors (Lipinski definition) is 1. The zero-order chi connectivity index (χ0) is 28.3. The highest BCUT2D eigenvalue weighted by molar-refractivity contribution is 7.23. The number of alkyl halides is 3. The molecule has 0 radical (unpaired) electrons. The van der Waals surface area contributed by atoms with Crippen LogP contribution >= 0.6 is 11.3 Å². The second kappa shape index (κ2) is 11.4. The van der Waals surface area contributed by atoms with Gasteiger partial charge in [-0.1, -0.05) is 47.7 Å². The summed E-state index contributed by atoms with van der Waals surface area (Å²) in [5.74, 6) is 0.558. The summed E-state index contributed by atoms with van der Waals surface area (Å²) in [5, 5.41) is 9.14. The largest absolute Gasteiger partial charge is 0.573 e. The lowest BCUT2D eigenvalue weighted by Gasteiger charge is -2.13. The number of rotatable bonds is 9. The van der Waals surface area contributed by atoms with Gasteiger partial charge in [-0.2, -0.15) is 0 Å². The molecule has 206 valence electrons. The third-order valence-electron chi connectivity index (χ3n) is 5.96. The Morgan fingerprint density at radius 3 is 2.52 bits per heavy atom. The van der Waals surface area contributed by atoms with Crippen LogP contribution in [0, 0.1) is 0 Å². The van der Waals surface area contributed by atoms with Crippen LogP contribution in [0.15, 0.2) is 71.5 Å². The summed E-state index contributed by atoms with van der Waals surface area (Å²) in [6.45, 7) is 0.238. The predicted molar refractivity (Wildman–Crippen MR) is 148 cm³/mol. The standard InChI is InChI=1S/C29H23F3N2O5S/c1-37-23-8-4-6-19(26(23)38-17-5-16-35)12-15-21-25(18-10-13-20(14-11-18)39-29(30,31)32)27(36)34-22-7-2-3-9-24(22)40-28(34)33-21/h2-4,6-15,35H,5,16-17H2,1H3. The summed E-state index contributed by atoms with van der Waals surface area (Å²) in [5.41, 5.74) is 1.88. The van der Waals surface area contributed by atoms with Gasteiger partial charge in [0.05, 0.1) is 35.2 Å². The molecule has 0 unspecified atom stereocenters. The minimum Gasteiger partial charge on any atom is -0.493 e. The number of aromatic nitrogens is 2. The van der Waals surface area contributed by atoms with Crippen molar-refractivity contribution in [3.05, 3.63) is 88.3 Å². The van der Waals surface area contributed by atoms with Gasteiger partial charge in [-0.05, 0) is 48.0 Å². The van der Waals surface area contributed by atoms with Crippen molar-refractivity contribution in [1.82, 2.24) is 9.38 Å². The van der Waals surface area contributed by atoms with Crippen LogP contribution in [0.1, 0.15) is 17.7 Å². The summed E-state index contributed by atoms with van der Waals surface area (Å²) in [6.07, 6.45) is -1.01. The molecule has 0 atom stereocenters. The molecule has 3 aromatic carbocycles. The Morgan fingerprint density at radius 1 is 1.02 bits per heavy atom. The van der Waals surface area contributed by atoms with Crippen molar-refractivity contribution in [1.29, 1.82) is 0 Å². The lowest BCUT2D eigenvalue weighted by Crippen LogP contribution is -2.18. The Morgan fingerprint density at radius 2 is 1.80 bits per heavy atom. The predicted octanol–water partition coefficient (Wildman–Crippen LogP) is 6.42. The smallest absolute Gasteiger partial charge is 0.493 e. The zero-order valence-electron chi connectivity index (χ0n) is 21.1. The first-order chi connectivity index (χ1) is 19.3. The minimum atomic E-state index is -4.83. The first-order valence-electron chi connectivity index (χ1n) is 12.2. The number of aliphatic hydroxyl groups excluding tert-OH is 1. The molecule has 0 aliphatic rings. The van der Waals surface area contributed by atoms with Crippen LogP contribution in [-0.2, 0) is 0 Å². The van der Waals surface area contributed by atoms with Crippen LogP contribution in [0.2, 0.25) is 0 Å². The number of thiazole rings is 1. The molecule has 2 aromatic heterocycles. The molecule has 0 spiro atoms. The molecule has 2 heterocycles. The number of fused-ring (bicyclic) bond motifs is 3. The number of hydrogen-bond acceptors (Lipinski definition) is 7. The number of halogens is 3. The normalized spacial score (nSPS) is 11.9. The van der Waals surface area contributed by atoms with Crippen molar-refractivity contribution in [2.24, 2.45) is 0 Å². The molecule has 0 fully saturated rings. The molecule has 0 saturated heterocycles. The third kappa shape index (κ3) is 5.65. The van der Waals surface area contributed by atoms with Gasteiger partial charge in [-0.3, -0.25) is 9.20 Å². The number of para-hydroxylation sites is 2. The highest BCUT2D eigenvalue weighted by Gasteiger charge is 2.31. The van der Waals surface area contributed by atoms with Crippen LogP contribution in [0.5, 0.6) is 17.2 Å². The van der Waals surface area contributed by atoms with E-state index in [-0.39, 0.29) is 24.3 Å². The summed E-state index contributed by atoms with van der Waals surface area (Å²) >= 11 is 1.35. The maximum atomic E-state index is 13.9. The molecule has 0 aliphatic carbocycles. The van der Waals surface area contributed by atoms with E-state index < -0.39 is 12.1 Å². The van der Waals surface area contributed by atoms with Gasteiger partial charge >= 0.3 is 6.36 Å². The van der Waals surface area contributed by atoms with Crippen molar-refractivity contribution >= 4 is 38.7 Å². The van der Waals surface area contributed by atoms with Crippen molar-refractivity contribution in [3.63, 3.8) is 0 Å². The summed E-state index contributed by atoms with van der Waals surface area (Å²) in [6, 6.07) is 17.8. The molecule has 5 rings (SSSR count). The number of aliphatic hydroxyl groups is 1. The SMILES string of the molecule is COc1cccc(C=Cc2nc3sc4ccccc4n3c(=O)c2-c2ccc(OC(F)(F)F)cc2)c1OCCCO. The van der Waals surface area contributed by atoms with E-state index in [0.29, 0.717) is 45.2 Å².